The van der Waals surface area contributed by atoms with Gasteiger partial charge in [0.2, 0.25) is 0 Å². The second-order valence-electron chi connectivity index (χ2n) is 7.26. The molecule has 2 aliphatic heterocycles. The van der Waals surface area contributed by atoms with Crippen molar-refractivity contribution in [2.75, 3.05) is 53.0 Å². The van der Waals surface area contributed by atoms with Crippen LogP contribution in [0.3, 0.4) is 0 Å². The summed E-state index contributed by atoms with van der Waals surface area (Å²) in [5, 5.41) is 5.52. The van der Waals surface area contributed by atoms with Crippen LogP contribution >= 0.6 is 11.6 Å². The van der Waals surface area contributed by atoms with E-state index in [0.717, 1.165) is 68.9 Å². The third kappa shape index (κ3) is 4.23. The first-order valence-electron chi connectivity index (χ1n) is 9.77. The molecule has 0 amide bonds. The number of aromatic amines is 1. The maximum atomic E-state index is 6.15. The van der Waals surface area contributed by atoms with Gasteiger partial charge in [-0.25, -0.2) is 0 Å². The van der Waals surface area contributed by atoms with Crippen molar-refractivity contribution in [3.05, 3.63) is 35.0 Å². The number of nitrogens with one attached hydrogen (secondary N) is 2. The molecule has 6 nitrogen and oxygen atoms in total. The Labute approximate surface area is 165 Å². The number of ether oxygens (including phenoxy) is 1. The van der Waals surface area contributed by atoms with Gasteiger partial charge in [-0.05, 0) is 36.6 Å². The minimum absolute atomic E-state index is 0.614. The number of H-pyrrole nitrogens is 1. The molecule has 0 aliphatic carbocycles. The topological polar surface area (TPSA) is 55.9 Å². The van der Waals surface area contributed by atoms with E-state index in [4.69, 9.17) is 16.3 Å². The Kier molecular flexibility index (Phi) is 5.86. The summed E-state index contributed by atoms with van der Waals surface area (Å²) in [6.07, 6.45) is 4.21. The lowest BCUT2D eigenvalue weighted by atomic mass is 10.1. The van der Waals surface area contributed by atoms with Gasteiger partial charge in [0.1, 0.15) is 0 Å². The van der Waals surface area contributed by atoms with Crippen LogP contribution in [0.5, 0.6) is 0 Å². The number of likely N-dealkylation sites (tertiary alicyclic amines) is 1. The average Bonchev–Trinajstić information content (AvgIpc) is 3.33. The Morgan fingerprint density at radius 3 is 3.00 bits per heavy atom. The number of aliphatic imine (C=N–C) groups is 1. The van der Waals surface area contributed by atoms with Crippen molar-refractivity contribution in [3.8, 4) is 0 Å². The summed E-state index contributed by atoms with van der Waals surface area (Å²) in [7, 11) is 1.87. The highest BCUT2D eigenvalue weighted by Gasteiger charge is 2.30. The fourth-order valence-corrected chi connectivity index (χ4v) is 4.35. The van der Waals surface area contributed by atoms with Gasteiger partial charge in [-0.2, -0.15) is 0 Å². The molecular formula is C20H28ClN5O. The summed E-state index contributed by atoms with van der Waals surface area (Å²) < 4.78 is 5.48. The number of hydrogen-bond acceptors (Lipinski definition) is 3. The predicted molar refractivity (Wildman–Crippen MR) is 111 cm³/mol. The minimum Gasteiger partial charge on any atom is -0.379 e. The van der Waals surface area contributed by atoms with Crippen LogP contribution in [0.15, 0.2) is 29.4 Å². The monoisotopic (exact) mass is 389 g/mol. The van der Waals surface area contributed by atoms with Crippen LogP contribution in [0, 0.1) is 0 Å². The number of benzene rings is 1. The first kappa shape index (κ1) is 18.6. The first-order valence-corrected chi connectivity index (χ1v) is 10.2. The lowest BCUT2D eigenvalue weighted by Gasteiger charge is -2.32. The molecule has 0 bridgehead atoms. The molecule has 146 valence electrons. The van der Waals surface area contributed by atoms with Crippen LogP contribution in [0.25, 0.3) is 10.9 Å². The molecule has 0 spiro atoms. The van der Waals surface area contributed by atoms with E-state index < -0.39 is 0 Å². The van der Waals surface area contributed by atoms with Gasteiger partial charge in [-0.15, -0.1) is 0 Å². The lowest BCUT2D eigenvalue weighted by molar-refractivity contribution is 0.0195. The standard InChI is InChI=1S/C20H28ClN5O/c1-22-20(26-7-5-17(14-26)25-8-10-27-11-9-25)23-6-4-15-13-24-19-3-2-16(21)12-18(15)19/h2-3,12-13,17,24H,4-11,14H2,1H3,(H,22,23). The molecule has 1 unspecified atom stereocenters. The van der Waals surface area contributed by atoms with Crippen LogP contribution in [0.1, 0.15) is 12.0 Å². The Balaban J connectivity index is 1.31. The molecule has 0 saturated carbocycles. The largest absolute Gasteiger partial charge is 0.379 e. The SMILES string of the molecule is CN=C(NCCc1c[nH]c2ccc(Cl)cc12)N1CCC(N2CCOCC2)C1. The molecule has 2 aliphatic rings. The zero-order valence-electron chi connectivity index (χ0n) is 15.9. The summed E-state index contributed by atoms with van der Waals surface area (Å²) in [4.78, 5) is 12.8. The molecule has 2 saturated heterocycles. The van der Waals surface area contributed by atoms with Crippen molar-refractivity contribution in [3.63, 3.8) is 0 Å². The fourth-order valence-electron chi connectivity index (χ4n) is 4.17. The number of hydrogen-bond donors (Lipinski definition) is 2. The molecule has 2 fully saturated rings. The molecule has 2 aromatic rings. The van der Waals surface area contributed by atoms with Gasteiger partial charge in [0.15, 0.2) is 5.96 Å². The molecule has 27 heavy (non-hydrogen) atoms. The van der Waals surface area contributed by atoms with Gasteiger partial charge < -0.3 is 19.9 Å². The van der Waals surface area contributed by atoms with Crippen molar-refractivity contribution < 1.29 is 4.74 Å². The van der Waals surface area contributed by atoms with Crippen LogP contribution in [-0.2, 0) is 11.2 Å². The Morgan fingerprint density at radius 1 is 1.33 bits per heavy atom. The van der Waals surface area contributed by atoms with E-state index in [1.807, 2.05) is 25.2 Å². The van der Waals surface area contributed by atoms with Gasteiger partial charge >= 0.3 is 0 Å². The molecule has 7 heteroatoms. The molecule has 1 aromatic carbocycles. The summed E-state index contributed by atoms with van der Waals surface area (Å²) in [6, 6.07) is 6.60. The second kappa shape index (κ2) is 8.50. The molecule has 2 N–H and O–H groups in total. The summed E-state index contributed by atoms with van der Waals surface area (Å²) in [5.74, 6) is 1.00. The Bertz CT molecular complexity index is 799. The second-order valence-corrected chi connectivity index (χ2v) is 7.70. The Hall–Kier alpha value is -1.76. The normalized spacial score (nSPS) is 21.9. The average molecular weight is 390 g/mol. The van der Waals surface area contributed by atoms with Crippen LogP contribution in [0.4, 0.5) is 0 Å². The number of guanidine groups is 1. The van der Waals surface area contributed by atoms with E-state index in [1.165, 1.54) is 17.4 Å². The molecule has 1 atom stereocenters. The number of rotatable bonds is 4. The van der Waals surface area contributed by atoms with E-state index in [-0.39, 0.29) is 0 Å². The third-order valence-corrected chi connectivity index (χ3v) is 5.88. The number of fused-ring (bicyclic) bond motifs is 1. The van der Waals surface area contributed by atoms with Gasteiger partial charge in [0.25, 0.3) is 0 Å². The molecular weight excluding hydrogens is 362 g/mol. The van der Waals surface area contributed by atoms with Crippen LogP contribution in [0.2, 0.25) is 5.02 Å². The maximum absolute atomic E-state index is 6.15. The van der Waals surface area contributed by atoms with Crippen molar-refractivity contribution >= 4 is 28.5 Å². The van der Waals surface area contributed by atoms with Gasteiger partial charge in [-0.3, -0.25) is 9.89 Å². The van der Waals surface area contributed by atoms with E-state index in [2.05, 4.69) is 31.3 Å². The number of morpholine rings is 1. The summed E-state index contributed by atoms with van der Waals surface area (Å²) in [6.45, 7) is 6.77. The van der Waals surface area contributed by atoms with E-state index in [9.17, 15) is 0 Å². The van der Waals surface area contributed by atoms with E-state index >= 15 is 0 Å². The zero-order valence-corrected chi connectivity index (χ0v) is 16.6. The quantitative estimate of drug-likeness (QED) is 0.622. The molecule has 1 aromatic heterocycles. The molecule has 4 rings (SSSR count). The number of aromatic nitrogens is 1. The zero-order chi connectivity index (χ0) is 18.6. The van der Waals surface area contributed by atoms with Gasteiger partial charge in [0.05, 0.1) is 13.2 Å². The lowest BCUT2D eigenvalue weighted by Crippen LogP contribution is -2.46. The summed E-state index contributed by atoms with van der Waals surface area (Å²) in [5.41, 5.74) is 2.41. The smallest absolute Gasteiger partial charge is 0.193 e. The number of halogens is 1. The van der Waals surface area contributed by atoms with Crippen molar-refractivity contribution in [2.24, 2.45) is 4.99 Å². The molecule has 3 heterocycles. The number of nitrogens with zero attached hydrogens (tertiary/aromatic N) is 3. The van der Waals surface area contributed by atoms with Crippen LogP contribution < -0.4 is 5.32 Å². The van der Waals surface area contributed by atoms with Crippen LogP contribution in [-0.4, -0.2) is 79.8 Å². The summed E-state index contributed by atoms with van der Waals surface area (Å²) >= 11 is 6.15. The van der Waals surface area contributed by atoms with E-state index in [0.29, 0.717) is 6.04 Å². The third-order valence-electron chi connectivity index (χ3n) is 5.64. The van der Waals surface area contributed by atoms with Crippen molar-refractivity contribution in [1.82, 2.24) is 20.1 Å². The van der Waals surface area contributed by atoms with Gasteiger partial charge in [0, 0.05) is 67.9 Å². The Morgan fingerprint density at radius 2 is 2.19 bits per heavy atom. The fraction of sp³-hybridized carbons (Fsp3) is 0.550. The highest BCUT2D eigenvalue weighted by molar-refractivity contribution is 6.31. The first-order chi connectivity index (χ1) is 13.2. The van der Waals surface area contributed by atoms with Crippen molar-refractivity contribution in [2.45, 2.75) is 18.9 Å². The van der Waals surface area contributed by atoms with E-state index in [1.54, 1.807) is 0 Å². The minimum atomic E-state index is 0.614. The maximum Gasteiger partial charge on any atom is 0.193 e. The van der Waals surface area contributed by atoms with Crippen molar-refractivity contribution in [1.29, 1.82) is 0 Å². The molecule has 0 radical (unpaired) electrons. The highest BCUT2D eigenvalue weighted by Crippen LogP contribution is 2.22. The highest BCUT2D eigenvalue weighted by atomic mass is 35.5. The predicted octanol–water partition coefficient (Wildman–Crippen LogP) is 2.35. The van der Waals surface area contributed by atoms with Gasteiger partial charge in [-0.1, -0.05) is 11.6 Å².